The number of likely N-dealkylation sites (tertiary alicyclic amines) is 1. The fraction of sp³-hybridized carbons (Fsp3) is 0.542. The van der Waals surface area contributed by atoms with Crippen LogP contribution in [0, 0.1) is 0 Å². The lowest BCUT2D eigenvalue weighted by molar-refractivity contribution is 0.0131. The fourth-order valence-electron chi connectivity index (χ4n) is 4.89. The number of benzene rings is 1. The first-order chi connectivity index (χ1) is 15.0. The SMILES string of the molecule is CCCCOc1cc(C(=O)N2CCC3(CC2)c2ccc(Cl)n2CCN3C)ccc1OC. The van der Waals surface area contributed by atoms with Gasteiger partial charge < -0.3 is 18.9 Å². The van der Waals surface area contributed by atoms with Crippen LogP contribution in [-0.4, -0.2) is 60.7 Å². The minimum absolute atomic E-state index is 0.0460. The minimum Gasteiger partial charge on any atom is -0.493 e. The van der Waals surface area contributed by atoms with Crippen LogP contribution in [0.25, 0.3) is 0 Å². The lowest BCUT2D eigenvalue weighted by atomic mass is 9.81. The standard InChI is InChI=1S/C24H32ClN3O3/c1-4-5-16-31-20-17-18(6-7-19(20)30-3)23(29)27-12-10-24(11-13-27)21-8-9-22(25)28(21)15-14-26(24)2/h6-9,17H,4-5,10-16H2,1-3H3. The Morgan fingerprint density at radius 1 is 1.10 bits per heavy atom. The number of aromatic nitrogens is 1. The molecule has 0 saturated carbocycles. The molecule has 1 aromatic carbocycles. The van der Waals surface area contributed by atoms with Crippen molar-refractivity contribution in [1.29, 1.82) is 0 Å². The van der Waals surface area contributed by atoms with Gasteiger partial charge in [0.05, 0.1) is 19.3 Å². The summed E-state index contributed by atoms with van der Waals surface area (Å²) in [6, 6.07) is 9.62. The molecule has 1 amide bonds. The molecule has 0 aliphatic carbocycles. The number of piperidine rings is 1. The number of halogens is 1. The van der Waals surface area contributed by atoms with Crippen LogP contribution in [0.3, 0.4) is 0 Å². The van der Waals surface area contributed by atoms with Gasteiger partial charge in [-0.2, -0.15) is 0 Å². The molecule has 2 aliphatic heterocycles. The number of hydrogen-bond donors (Lipinski definition) is 0. The number of unbranched alkanes of at least 4 members (excludes halogenated alkanes) is 1. The highest BCUT2D eigenvalue weighted by Gasteiger charge is 2.44. The summed E-state index contributed by atoms with van der Waals surface area (Å²) in [5, 5.41) is 0.801. The summed E-state index contributed by atoms with van der Waals surface area (Å²) < 4.78 is 13.5. The van der Waals surface area contributed by atoms with Gasteiger partial charge in [-0.15, -0.1) is 0 Å². The van der Waals surface area contributed by atoms with E-state index in [9.17, 15) is 4.79 Å². The molecule has 0 atom stereocenters. The smallest absolute Gasteiger partial charge is 0.253 e. The first-order valence-corrected chi connectivity index (χ1v) is 11.5. The number of ether oxygens (including phenoxy) is 2. The quantitative estimate of drug-likeness (QED) is 0.618. The van der Waals surface area contributed by atoms with E-state index < -0.39 is 0 Å². The summed E-state index contributed by atoms with van der Waals surface area (Å²) in [6.45, 7) is 6.04. The summed E-state index contributed by atoms with van der Waals surface area (Å²) in [7, 11) is 3.81. The highest BCUT2D eigenvalue weighted by Crippen LogP contribution is 2.42. The maximum Gasteiger partial charge on any atom is 0.253 e. The predicted octanol–water partition coefficient (Wildman–Crippen LogP) is 4.41. The van der Waals surface area contributed by atoms with E-state index in [1.807, 2.05) is 29.2 Å². The van der Waals surface area contributed by atoms with Crippen LogP contribution in [0.5, 0.6) is 11.5 Å². The Balaban J connectivity index is 1.49. The zero-order valence-electron chi connectivity index (χ0n) is 18.7. The molecule has 0 bridgehead atoms. The molecule has 1 spiro atoms. The van der Waals surface area contributed by atoms with Crippen LogP contribution in [0.4, 0.5) is 0 Å². The minimum atomic E-state index is -0.0590. The van der Waals surface area contributed by atoms with Gasteiger partial charge in [-0.1, -0.05) is 24.9 Å². The molecular formula is C24H32ClN3O3. The second-order valence-corrected chi connectivity index (χ2v) is 8.89. The van der Waals surface area contributed by atoms with E-state index in [1.165, 1.54) is 5.69 Å². The molecular weight excluding hydrogens is 414 g/mol. The van der Waals surface area contributed by atoms with Crippen LogP contribution in [-0.2, 0) is 12.1 Å². The first-order valence-electron chi connectivity index (χ1n) is 11.2. The summed E-state index contributed by atoms with van der Waals surface area (Å²) >= 11 is 6.41. The Bertz CT molecular complexity index is 934. The maximum absolute atomic E-state index is 13.3. The summed E-state index contributed by atoms with van der Waals surface area (Å²) in [5.41, 5.74) is 1.86. The number of nitrogens with zero attached hydrogens (tertiary/aromatic N) is 3. The lowest BCUT2D eigenvalue weighted by Crippen LogP contribution is -2.56. The van der Waals surface area contributed by atoms with Crippen molar-refractivity contribution in [3.05, 3.63) is 46.7 Å². The molecule has 6 nitrogen and oxygen atoms in total. The average Bonchev–Trinajstić information content (AvgIpc) is 3.18. The number of amides is 1. The van der Waals surface area contributed by atoms with Gasteiger partial charge in [0.2, 0.25) is 0 Å². The molecule has 0 radical (unpaired) electrons. The largest absolute Gasteiger partial charge is 0.493 e. The van der Waals surface area contributed by atoms with Crippen LogP contribution in [0.2, 0.25) is 5.15 Å². The van der Waals surface area contributed by atoms with Crippen LogP contribution < -0.4 is 9.47 Å². The second kappa shape index (κ2) is 9.13. The van der Waals surface area contributed by atoms with Crippen molar-refractivity contribution in [1.82, 2.24) is 14.4 Å². The number of carbonyl (C=O) groups excluding carboxylic acids is 1. The monoisotopic (exact) mass is 445 g/mol. The number of likely N-dealkylation sites (N-methyl/N-ethyl adjacent to an activating group) is 1. The Labute approximate surface area is 189 Å². The molecule has 1 aromatic heterocycles. The molecule has 2 aromatic rings. The Morgan fingerprint density at radius 2 is 1.87 bits per heavy atom. The van der Waals surface area contributed by atoms with Crippen molar-refractivity contribution in [2.75, 3.05) is 40.4 Å². The number of carbonyl (C=O) groups is 1. The number of methoxy groups -OCH3 is 1. The highest BCUT2D eigenvalue weighted by atomic mass is 35.5. The Kier molecular flexibility index (Phi) is 6.49. The van der Waals surface area contributed by atoms with Crippen molar-refractivity contribution < 1.29 is 14.3 Å². The van der Waals surface area contributed by atoms with E-state index in [-0.39, 0.29) is 11.4 Å². The topological polar surface area (TPSA) is 46.9 Å². The molecule has 7 heteroatoms. The van der Waals surface area contributed by atoms with Gasteiger partial charge in [0.15, 0.2) is 11.5 Å². The predicted molar refractivity (Wildman–Crippen MR) is 122 cm³/mol. The van der Waals surface area contributed by atoms with Crippen molar-refractivity contribution >= 4 is 17.5 Å². The van der Waals surface area contributed by atoms with Crippen LogP contribution in [0.1, 0.15) is 48.7 Å². The van der Waals surface area contributed by atoms with Gasteiger partial charge in [-0.3, -0.25) is 9.69 Å². The molecule has 168 valence electrons. The molecule has 3 heterocycles. The van der Waals surface area contributed by atoms with Crippen molar-refractivity contribution in [2.45, 2.75) is 44.7 Å². The number of rotatable bonds is 6. The van der Waals surface area contributed by atoms with E-state index >= 15 is 0 Å². The molecule has 0 unspecified atom stereocenters. The summed E-state index contributed by atoms with van der Waals surface area (Å²) in [6.07, 6.45) is 3.81. The fourth-order valence-corrected chi connectivity index (χ4v) is 5.12. The van der Waals surface area contributed by atoms with E-state index in [0.717, 1.165) is 43.9 Å². The van der Waals surface area contributed by atoms with E-state index in [2.05, 4.69) is 29.5 Å². The summed E-state index contributed by atoms with van der Waals surface area (Å²) in [5.74, 6) is 1.34. The van der Waals surface area contributed by atoms with Gasteiger partial charge in [0, 0.05) is 37.4 Å². The molecule has 1 saturated heterocycles. The van der Waals surface area contributed by atoms with E-state index in [0.29, 0.717) is 36.8 Å². The first kappa shape index (κ1) is 22.0. The second-order valence-electron chi connectivity index (χ2n) is 8.51. The molecule has 1 fully saturated rings. The number of hydrogen-bond acceptors (Lipinski definition) is 4. The average molecular weight is 446 g/mol. The third kappa shape index (κ3) is 4.03. The third-order valence-corrected chi connectivity index (χ3v) is 7.17. The van der Waals surface area contributed by atoms with Crippen molar-refractivity contribution in [2.24, 2.45) is 0 Å². The Morgan fingerprint density at radius 3 is 2.58 bits per heavy atom. The van der Waals surface area contributed by atoms with Gasteiger partial charge >= 0.3 is 0 Å². The zero-order valence-corrected chi connectivity index (χ0v) is 19.5. The Hall–Kier alpha value is -2.18. The van der Waals surface area contributed by atoms with Gasteiger partial charge in [0.25, 0.3) is 5.91 Å². The third-order valence-electron chi connectivity index (χ3n) is 6.84. The van der Waals surface area contributed by atoms with Crippen molar-refractivity contribution in [3.63, 3.8) is 0 Å². The molecule has 31 heavy (non-hydrogen) atoms. The van der Waals surface area contributed by atoms with Crippen molar-refractivity contribution in [3.8, 4) is 11.5 Å². The molecule has 4 rings (SSSR count). The van der Waals surface area contributed by atoms with E-state index in [1.54, 1.807) is 7.11 Å². The molecule has 2 aliphatic rings. The van der Waals surface area contributed by atoms with Gasteiger partial charge in [-0.05, 0) is 56.6 Å². The summed E-state index contributed by atoms with van der Waals surface area (Å²) in [4.78, 5) is 17.7. The van der Waals surface area contributed by atoms with E-state index in [4.69, 9.17) is 21.1 Å². The zero-order chi connectivity index (χ0) is 22.0. The number of fused-ring (bicyclic) bond motifs is 2. The lowest BCUT2D eigenvalue weighted by Gasteiger charge is -2.50. The van der Waals surface area contributed by atoms with Crippen LogP contribution in [0.15, 0.2) is 30.3 Å². The highest BCUT2D eigenvalue weighted by molar-refractivity contribution is 6.29. The van der Waals surface area contributed by atoms with Crippen LogP contribution >= 0.6 is 11.6 Å². The van der Waals surface area contributed by atoms with Gasteiger partial charge in [-0.25, -0.2) is 0 Å². The van der Waals surface area contributed by atoms with Gasteiger partial charge in [0.1, 0.15) is 5.15 Å². The molecule has 0 N–H and O–H groups in total. The normalized spacial score (nSPS) is 18.1. The maximum atomic E-state index is 13.3.